The molecule has 116 valence electrons. The van der Waals surface area contributed by atoms with Gasteiger partial charge in [-0.05, 0) is 61.9 Å². The van der Waals surface area contributed by atoms with Crippen LogP contribution in [0.3, 0.4) is 0 Å². The highest BCUT2D eigenvalue weighted by atomic mass is 16.5. The van der Waals surface area contributed by atoms with Gasteiger partial charge in [0.2, 0.25) is 0 Å². The molecule has 0 spiro atoms. The van der Waals surface area contributed by atoms with Gasteiger partial charge in [0.1, 0.15) is 17.1 Å². The molecule has 1 aromatic heterocycles. The van der Waals surface area contributed by atoms with Crippen molar-refractivity contribution in [2.45, 2.75) is 19.4 Å². The van der Waals surface area contributed by atoms with Crippen molar-refractivity contribution in [1.82, 2.24) is 4.98 Å². The highest BCUT2D eigenvalue weighted by molar-refractivity contribution is 6.09. The van der Waals surface area contributed by atoms with Gasteiger partial charge in [0, 0.05) is 12.4 Å². The van der Waals surface area contributed by atoms with Crippen LogP contribution >= 0.6 is 0 Å². The molecule has 3 rings (SSSR count). The Balaban J connectivity index is 1.90. The van der Waals surface area contributed by atoms with E-state index >= 15 is 0 Å². The molecule has 0 saturated heterocycles. The van der Waals surface area contributed by atoms with Crippen molar-refractivity contribution < 1.29 is 14.6 Å². The number of fused-ring (bicyclic) bond motifs is 1. The average molecular weight is 307 g/mol. The van der Waals surface area contributed by atoms with Gasteiger partial charge in [-0.15, -0.1) is 0 Å². The summed E-state index contributed by atoms with van der Waals surface area (Å²) in [6.07, 6.45) is 10.1. The largest absolute Gasteiger partial charge is 0.506 e. The van der Waals surface area contributed by atoms with E-state index in [2.05, 4.69) is 4.98 Å². The van der Waals surface area contributed by atoms with Crippen molar-refractivity contribution >= 4 is 17.9 Å². The Bertz CT molecular complexity index is 805. The fourth-order valence-electron chi connectivity index (χ4n) is 2.38. The molecular weight excluding hydrogens is 290 g/mol. The first kappa shape index (κ1) is 15.0. The summed E-state index contributed by atoms with van der Waals surface area (Å²) >= 11 is 0. The molecule has 4 heteroatoms. The van der Waals surface area contributed by atoms with Gasteiger partial charge in [-0.3, -0.25) is 9.78 Å². The van der Waals surface area contributed by atoms with E-state index in [0.29, 0.717) is 11.3 Å². The van der Waals surface area contributed by atoms with Crippen molar-refractivity contribution in [2.24, 2.45) is 0 Å². The van der Waals surface area contributed by atoms with Crippen LogP contribution in [0.1, 0.15) is 35.3 Å². The summed E-state index contributed by atoms with van der Waals surface area (Å²) in [6, 6.07) is 6.94. The third kappa shape index (κ3) is 3.16. The van der Waals surface area contributed by atoms with E-state index in [4.69, 9.17) is 4.74 Å². The zero-order valence-corrected chi connectivity index (χ0v) is 13.0. The number of pyridine rings is 1. The number of phenolic OH excluding ortho intramolecular Hbond substituents is 1. The zero-order chi connectivity index (χ0) is 16.4. The summed E-state index contributed by atoms with van der Waals surface area (Å²) in [5, 5.41) is 10.4. The van der Waals surface area contributed by atoms with Gasteiger partial charge in [-0.2, -0.15) is 0 Å². The molecule has 1 aliphatic heterocycles. The minimum atomic E-state index is -0.425. The summed E-state index contributed by atoms with van der Waals surface area (Å²) < 4.78 is 5.78. The van der Waals surface area contributed by atoms with Crippen LogP contribution in [0.5, 0.6) is 11.5 Å². The molecule has 0 saturated carbocycles. The molecule has 23 heavy (non-hydrogen) atoms. The average Bonchev–Trinajstić information content (AvgIpc) is 2.53. The van der Waals surface area contributed by atoms with Gasteiger partial charge < -0.3 is 9.84 Å². The molecule has 0 amide bonds. The molecular formula is C19H17NO3. The summed E-state index contributed by atoms with van der Waals surface area (Å²) in [4.78, 5) is 16.3. The summed E-state index contributed by atoms with van der Waals surface area (Å²) in [5.41, 5.74) is 1.18. The lowest BCUT2D eigenvalue weighted by molar-refractivity contribution is 0.104. The SMILES string of the molecule is CC1(C)C=Cc2c(ccc(C(=O)/C=C/c3cccnc3)c2O)O1. The van der Waals surface area contributed by atoms with Crippen LogP contribution in [-0.2, 0) is 0 Å². The van der Waals surface area contributed by atoms with Gasteiger partial charge in [0.05, 0.1) is 11.1 Å². The first-order valence-corrected chi connectivity index (χ1v) is 7.33. The number of carbonyl (C=O) groups is 1. The van der Waals surface area contributed by atoms with Crippen LogP contribution in [0.2, 0.25) is 0 Å². The highest BCUT2D eigenvalue weighted by Crippen LogP contribution is 2.38. The number of phenols is 1. The molecule has 1 aromatic carbocycles. The number of aromatic hydroxyl groups is 1. The van der Waals surface area contributed by atoms with Crippen LogP contribution in [0.15, 0.2) is 48.8 Å². The maximum absolute atomic E-state index is 12.3. The standard InChI is InChI=1S/C19H17NO3/c1-19(2)10-9-15-17(23-19)8-6-14(18(15)22)16(21)7-5-13-4-3-11-20-12-13/h3-12,22H,1-2H3/b7-5+. The quantitative estimate of drug-likeness (QED) is 0.691. The van der Waals surface area contributed by atoms with E-state index in [1.807, 2.05) is 26.0 Å². The number of hydrogen-bond donors (Lipinski definition) is 1. The minimum absolute atomic E-state index is 0.0601. The molecule has 4 nitrogen and oxygen atoms in total. The van der Waals surface area contributed by atoms with E-state index in [0.717, 1.165) is 5.56 Å². The van der Waals surface area contributed by atoms with Crippen LogP contribution in [0, 0.1) is 0 Å². The third-order valence-electron chi connectivity index (χ3n) is 3.58. The molecule has 0 fully saturated rings. The lowest BCUT2D eigenvalue weighted by Gasteiger charge is -2.28. The minimum Gasteiger partial charge on any atom is -0.506 e. The fourth-order valence-corrected chi connectivity index (χ4v) is 2.38. The second-order valence-electron chi connectivity index (χ2n) is 5.90. The maximum Gasteiger partial charge on any atom is 0.189 e. The van der Waals surface area contributed by atoms with Crippen LogP contribution in [-0.4, -0.2) is 21.5 Å². The zero-order valence-electron chi connectivity index (χ0n) is 13.0. The van der Waals surface area contributed by atoms with Gasteiger partial charge >= 0.3 is 0 Å². The lowest BCUT2D eigenvalue weighted by atomic mass is 9.98. The Morgan fingerprint density at radius 3 is 2.87 bits per heavy atom. The Morgan fingerprint density at radius 2 is 2.13 bits per heavy atom. The Labute approximate surface area is 134 Å². The third-order valence-corrected chi connectivity index (χ3v) is 3.58. The molecule has 2 aromatic rings. The second kappa shape index (κ2) is 5.72. The summed E-state index contributed by atoms with van der Waals surface area (Å²) in [7, 11) is 0. The molecule has 0 unspecified atom stereocenters. The maximum atomic E-state index is 12.3. The smallest absolute Gasteiger partial charge is 0.189 e. The number of ketones is 1. The number of aromatic nitrogens is 1. The number of benzene rings is 1. The van der Waals surface area contributed by atoms with Crippen molar-refractivity contribution in [3.8, 4) is 11.5 Å². The van der Waals surface area contributed by atoms with Gasteiger partial charge in [0.25, 0.3) is 0 Å². The number of nitrogens with zero attached hydrogens (tertiary/aromatic N) is 1. The van der Waals surface area contributed by atoms with Gasteiger partial charge in [0.15, 0.2) is 5.78 Å². The van der Waals surface area contributed by atoms with Crippen LogP contribution in [0.25, 0.3) is 12.2 Å². The highest BCUT2D eigenvalue weighted by Gasteiger charge is 2.25. The Morgan fingerprint density at radius 1 is 1.30 bits per heavy atom. The summed E-state index contributed by atoms with van der Waals surface area (Å²) in [5.74, 6) is 0.241. The number of carbonyl (C=O) groups excluding carboxylic acids is 1. The van der Waals surface area contributed by atoms with E-state index in [9.17, 15) is 9.90 Å². The molecule has 0 aliphatic carbocycles. The normalized spacial score (nSPS) is 15.2. The Hall–Kier alpha value is -2.88. The molecule has 2 heterocycles. The molecule has 1 N–H and O–H groups in total. The fraction of sp³-hybridized carbons (Fsp3) is 0.158. The first-order chi connectivity index (χ1) is 11.0. The molecule has 0 atom stereocenters. The van der Waals surface area contributed by atoms with E-state index < -0.39 is 5.60 Å². The predicted molar refractivity (Wildman–Crippen MR) is 89.4 cm³/mol. The van der Waals surface area contributed by atoms with Gasteiger partial charge in [-0.25, -0.2) is 0 Å². The molecule has 0 radical (unpaired) electrons. The van der Waals surface area contributed by atoms with Crippen molar-refractivity contribution in [2.75, 3.05) is 0 Å². The monoisotopic (exact) mass is 307 g/mol. The summed E-state index contributed by atoms with van der Waals surface area (Å²) in [6.45, 7) is 3.86. The van der Waals surface area contributed by atoms with Gasteiger partial charge in [-0.1, -0.05) is 6.07 Å². The Kier molecular flexibility index (Phi) is 3.74. The molecule has 1 aliphatic rings. The number of ether oxygens (including phenoxy) is 1. The second-order valence-corrected chi connectivity index (χ2v) is 5.90. The number of allylic oxidation sites excluding steroid dienone is 1. The lowest BCUT2D eigenvalue weighted by Crippen LogP contribution is -2.27. The van der Waals surface area contributed by atoms with Crippen LogP contribution in [0.4, 0.5) is 0 Å². The van der Waals surface area contributed by atoms with E-state index in [1.54, 1.807) is 42.7 Å². The first-order valence-electron chi connectivity index (χ1n) is 7.33. The van der Waals surface area contributed by atoms with E-state index in [1.165, 1.54) is 6.08 Å². The topological polar surface area (TPSA) is 59.4 Å². The van der Waals surface area contributed by atoms with Crippen molar-refractivity contribution in [1.29, 1.82) is 0 Å². The van der Waals surface area contributed by atoms with Crippen molar-refractivity contribution in [3.63, 3.8) is 0 Å². The predicted octanol–water partition coefficient (Wildman–Crippen LogP) is 3.87. The van der Waals surface area contributed by atoms with E-state index in [-0.39, 0.29) is 17.1 Å². The number of hydrogen-bond acceptors (Lipinski definition) is 4. The van der Waals surface area contributed by atoms with Crippen LogP contribution < -0.4 is 4.74 Å². The molecule has 0 bridgehead atoms. The van der Waals surface area contributed by atoms with Crippen molar-refractivity contribution in [3.05, 3.63) is 65.5 Å². The number of rotatable bonds is 3.